The van der Waals surface area contributed by atoms with Crippen molar-refractivity contribution in [2.75, 3.05) is 24.5 Å². The summed E-state index contributed by atoms with van der Waals surface area (Å²) in [5.41, 5.74) is 3.31. The molecule has 132 valence electrons. The number of H-pyrrole nitrogens is 1. The molecule has 0 atom stereocenters. The molecule has 0 amide bonds. The zero-order chi connectivity index (χ0) is 17.5. The van der Waals surface area contributed by atoms with Crippen molar-refractivity contribution in [2.24, 2.45) is 5.92 Å². The predicted molar refractivity (Wildman–Crippen MR) is 101 cm³/mol. The van der Waals surface area contributed by atoms with Gasteiger partial charge in [-0.2, -0.15) is 4.52 Å². The van der Waals surface area contributed by atoms with Crippen LogP contribution in [0.2, 0.25) is 0 Å². The Labute approximate surface area is 151 Å². The SMILES string of the molecule is Cc1nnc2ccc(N3CC(CNCc4ccc5[nH]ccc5c4)C3)nn12. The summed E-state index contributed by atoms with van der Waals surface area (Å²) in [5, 5.41) is 17.6. The van der Waals surface area contributed by atoms with Gasteiger partial charge in [0.1, 0.15) is 5.82 Å². The summed E-state index contributed by atoms with van der Waals surface area (Å²) in [7, 11) is 0. The van der Waals surface area contributed by atoms with Gasteiger partial charge in [-0.05, 0) is 48.2 Å². The average molecular weight is 347 g/mol. The zero-order valence-corrected chi connectivity index (χ0v) is 14.7. The molecule has 1 aliphatic heterocycles. The Morgan fingerprint density at radius 1 is 1.15 bits per heavy atom. The molecule has 0 radical (unpaired) electrons. The number of anilines is 1. The Balaban J connectivity index is 1.14. The smallest absolute Gasteiger partial charge is 0.178 e. The molecule has 4 aromatic rings. The van der Waals surface area contributed by atoms with Gasteiger partial charge in [0.25, 0.3) is 0 Å². The normalized spacial score (nSPS) is 15.0. The molecule has 7 heteroatoms. The summed E-state index contributed by atoms with van der Waals surface area (Å²) in [6.45, 7) is 5.91. The Bertz CT molecular complexity index is 1060. The first-order valence-corrected chi connectivity index (χ1v) is 8.97. The number of aryl methyl sites for hydroxylation is 1. The van der Waals surface area contributed by atoms with Crippen molar-refractivity contribution in [3.8, 4) is 0 Å². The molecule has 2 N–H and O–H groups in total. The van der Waals surface area contributed by atoms with Crippen LogP contribution >= 0.6 is 0 Å². The van der Waals surface area contributed by atoms with Gasteiger partial charge in [-0.3, -0.25) is 0 Å². The first-order valence-electron chi connectivity index (χ1n) is 8.97. The summed E-state index contributed by atoms with van der Waals surface area (Å²) in [6, 6.07) is 12.7. The van der Waals surface area contributed by atoms with E-state index in [2.05, 4.69) is 54.8 Å². The molecule has 0 aliphatic carbocycles. The summed E-state index contributed by atoms with van der Waals surface area (Å²) in [5.74, 6) is 2.47. The van der Waals surface area contributed by atoms with Crippen LogP contribution in [0.5, 0.6) is 0 Å². The first-order chi connectivity index (χ1) is 12.8. The number of aromatic amines is 1. The van der Waals surface area contributed by atoms with Gasteiger partial charge in [-0.25, -0.2) is 0 Å². The van der Waals surface area contributed by atoms with Crippen molar-refractivity contribution in [2.45, 2.75) is 13.5 Å². The molecular weight excluding hydrogens is 326 g/mol. The second-order valence-electron chi connectivity index (χ2n) is 7.01. The molecule has 1 aliphatic rings. The van der Waals surface area contributed by atoms with Crippen molar-refractivity contribution < 1.29 is 0 Å². The van der Waals surface area contributed by atoms with Crippen molar-refractivity contribution in [1.29, 1.82) is 0 Å². The van der Waals surface area contributed by atoms with Gasteiger partial charge >= 0.3 is 0 Å². The standard InChI is InChI=1S/C19H21N7/c1-13-22-23-18-4-5-19(24-26(13)18)25-11-15(12-25)10-20-9-14-2-3-17-16(8-14)6-7-21-17/h2-8,15,20-21H,9-12H2,1H3. The highest BCUT2D eigenvalue weighted by molar-refractivity contribution is 5.79. The summed E-state index contributed by atoms with van der Waals surface area (Å²) in [4.78, 5) is 5.53. The lowest BCUT2D eigenvalue weighted by Gasteiger charge is -2.40. The topological polar surface area (TPSA) is 74.1 Å². The molecule has 0 saturated carbocycles. The van der Waals surface area contributed by atoms with Crippen LogP contribution in [-0.2, 0) is 6.54 Å². The summed E-state index contributed by atoms with van der Waals surface area (Å²) >= 11 is 0. The predicted octanol–water partition coefficient (Wildman–Crippen LogP) is 2.14. The number of benzene rings is 1. The third-order valence-corrected chi connectivity index (χ3v) is 5.07. The van der Waals surface area contributed by atoms with Crippen molar-refractivity contribution in [3.63, 3.8) is 0 Å². The van der Waals surface area contributed by atoms with Crippen LogP contribution in [0.4, 0.5) is 5.82 Å². The van der Waals surface area contributed by atoms with Crippen LogP contribution in [0.1, 0.15) is 11.4 Å². The third-order valence-electron chi connectivity index (χ3n) is 5.07. The monoisotopic (exact) mass is 347 g/mol. The highest BCUT2D eigenvalue weighted by Gasteiger charge is 2.27. The maximum atomic E-state index is 4.64. The molecule has 3 aromatic heterocycles. The van der Waals surface area contributed by atoms with Gasteiger partial charge in [-0.1, -0.05) is 6.07 Å². The Hall–Kier alpha value is -2.93. The van der Waals surface area contributed by atoms with Gasteiger partial charge < -0.3 is 15.2 Å². The van der Waals surface area contributed by atoms with Gasteiger partial charge in [0.15, 0.2) is 11.5 Å². The number of fused-ring (bicyclic) bond motifs is 2. The second kappa shape index (κ2) is 6.10. The molecular formula is C19H21N7. The number of hydrogen-bond acceptors (Lipinski definition) is 5. The molecule has 4 heterocycles. The van der Waals surface area contributed by atoms with E-state index in [1.54, 1.807) is 4.52 Å². The van der Waals surface area contributed by atoms with Crippen molar-refractivity contribution >= 4 is 22.4 Å². The van der Waals surface area contributed by atoms with Crippen molar-refractivity contribution in [1.82, 2.24) is 30.1 Å². The van der Waals surface area contributed by atoms with E-state index < -0.39 is 0 Å². The molecule has 0 spiro atoms. The van der Waals surface area contributed by atoms with E-state index in [1.165, 1.54) is 16.5 Å². The first kappa shape index (κ1) is 15.3. The van der Waals surface area contributed by atoms with Crippen LogP contribution in [-0.4, -0.2) is 44.4 Å². The fourth-order valence-corrected chi connectivity index (χ4v) is 3.57. The molecule has 0 unspecified atom stereocenters. The number of nitrogens with one attached hydrogen (secondary N) is 2. The minimum absolute atomic E-state index is 0.658. The van der Waals surface area contributed by atoms with Crippen molar-refractivity contribution in [3.05, 3.63) is 54.0 Å². The molecule has 1 aromatic carbocycles. The number of aromatic nitrogens is 5. The van der Waals surface area contributed by atoms with Gasteiger partial charge in [0.05, 0.1) is 0 Å². The minimum Gasteiger partial charge on any atom is -0.361 e. The van der Waals surface area contributed by atoms with Gasteiger partial charge in [-0.15, -0.1) is 15.3 Å². The molecule has 7 nitrogen and oxygen atoms in total. The van der Waals surface area contributed by atoms with E-state index in [9.17, 15) is 0 Å². The van der Waals surface area contributed by atoms with E-state index in [-0.39, 0.29) is 0 Å². The molecule has 1 saturated heterocycles. The van der Waals surface area contributed by atoms with E-state index in [0.29, 0.717) is 5.92 Å². The fourth-order valence-electron chi connectivity index (χ4n) is 3.57. The van der Waals surface area contributed by atoms with Gasteiger partial charge in [0.2, 0.25) is 0 Å². The quantitative estimate of drug-likeness (QED) is 0.579. The second-order valence-corrected chi connectivity index (χ2v) is 7.01. The summed E-state index contributed by atoms with van der Waals surface area (Å²) < 4.78 is 1.80. The number of hydrogen-bond donors (Lipinski definition) is 2. The maximum Gasteiger partial charge on any atom is 0.178 e. The average Bonchev–Trinajstić information content (AvgIpc) is 3.23. The van der Waals surface area contributed by atoms with Crippen LogP contribution in [0, 0.1) is 12.8 Å². The number of nitrogens with zero attached hydrogens (tertiary/aromatic N) is 5. The minimum atomic E-state index is 0.658. The highest BCUT2D eigenvalue weighted by Crippen LogP contribution is 2.22. The highest BCUT2D eigenvalue weighted by atomic mass is 15.4. The van der Waals surface area contributed by atoms with E-state index in [0.717, 1.165) is 43.5 Å². The van der Waals surface area contributed by atoms with Crippen LogP contribution in [0.25, 0.3) is 16.6 Å². The lowest BCUT2D eigenvalue weighted by atomic mass is 10.00. The fraction of sp³-hybridized carbons (Fsp3) is 0.316. The van der Waals surface area contributed by atoms with E-state index >= 15 is 0 Å². The lowest BCUT2D eigenvalue weighted by molar-refractivity contribution is 0.381. The number of rotatable bonds is 5. The van der Waals surface area contributed by atoms with E-state index in [1.807, 2.05) is 25.3 Å². The Morgan fingerprint density at radius 2 is 2.08 bits per heavy atom. The van der Waals surface area contributed by atoms with Crippen LogP contribution < -0.4 is 10.2 Å². The van der Waals surface area contributed by atoms with Crippen LogP contribution in [0.15, 0.2) is 42.6 Å². The van der Waals surface area contributed by atoms with E-state index in [4.69, 9.17) is 0 Å². The molecule has 1 fully saturated rings. The molecule has 0 bridgehead atoms. The van der Waals surface area contributed by atoms with Gasteiger partial charge in [0, 0.05) is 43.8 Å². The third kappa shape index (κ3) is 2.70. The maximum absolute atomic E-state index is 4.64. The Morgan fingerprint density at radius 3 is 3.00 bits per heavy atom. The summed E-state index contributed by atoms with van der Waals surface area (Å²) in [6.07, 6.45) is 1.98. The molecule has 5 rings (SSSR count). The largest absolute Gasteiger partial charge is 0.361 e. The molecule has 26 heavy (non-hydrogen) atoms. The Kier molecular flexibility index (Phi) is 3.60. The zero-order valence-electron chi connectivity index (χ0n) is 14.7. The lowest BCUT2D eigenvalue weighted by Crippen LogP contribution is -2.51. The van der Waals surface area contributed by atoms with Crippen LogP contribution in [0.3, 0.4) is 0 Å².